The van der Waals surface area contributed by atoms with Crippen molar-refractivity contribution >= 4 is 7.92 Å². The third kappa shape index (κ3) is 8.19. The van der Waals surface area contributed by atoms with Crippen LogP contribution in [0.25, 0.3) is 0 Å². The summed E-state index contributed by atoms with van der Waals surface area (Å²) in [6.07, 6.45) is 4.14. The Morgan fingerprint density at radius 3 is 1.89 bits per heavy atom. The van der Waals surface area contributed by atoms with E-state index in [1.165, 1.54) is 24.6 Å². The molecule has 3 heteroatoms. The molecule has 0 atom stereocenters. The molecule has 0 fully saturated rings. The van der Waals surface area contributed by atoms with Crippen LogP contribution in [0.3, 0.4) is 0 Å². The van der Waals surface area contributed by atoms with E-state index in [1.54, 1.807) is 0 Å². The summed E-state index contributed by atoms with van der Waals surface area (Å²) in [4.78, 5) is 0. The van der Waals surface area contributed by atoms with Crippen LogP contribution in [0.1, 0.15) is 39.7 Å². The zero-order chi connectivity index (χ0) is 13.3. The van der Waals surface area contributed by atoms with Gasteiger partial charge in [-0.1, -0.05) is 6.42 Å². The molecule has 0 N–H and O–H groups in total. The monoisotopic (exact) mass is 311 g/mol. The van der Waals surface area contributed by atoms with Gasteiger partial charge >= 0.3 is 11.3 Å². The molecule has 0 aliphatic heterocycles. The predicted octanol–water partition coefficient (Wildman–Crippen LogP) is 4.33. The standard InChI is InChI=1S/C14H24P.CO.Co/c1-12(2)15(13(3)4)11-7-10-14-8-5-6-9-14;1-2;/h5-6,8-9,12-13H,7,10-11H2,1-4H3;;/q-1;;/p+1. The van der Waals surface area contributed by atoms with E-state index in [0.29, 0.717) is 0 Å². The van der Waals surface area contributed by atoms with E-state index >= 15 is 0 Å². The summed E-state index contributed by atoms with van der Waals surface area (Å²) < 4.78 is 7.50. The minimum atomic E-state index is -0.131. The van der Waals surface area contributed by atoms with Crippen molar-refractivity contribution in [2.24, 2.45) is 0 Å². The molecule has 0 saturated heterocycles. The van der Waals surface area contributed by atoms with Gasteiger partial charge in [-0.3, -0.25) is 0 Å². The van der Waals surface area contributed by atoms with Gasteiger partial charge in [0.05, 0.1) is 17.5 Å². The minimum Gasteiger partial charge on any atom is 0 e. The zero-order valence-corrected chi connectivity index (χ0v) is 13.9. The normalized spacial score (nSPS) is 10.1. The Hall–Kier alpha value is 0.0265. The van der Waals surface area contributed by atoms with Crippen molar-refractivity contribution < 1.29 is 21.4 Å². The summed E-state index contributed by atoms with van der Waals surface area (Å²) >= 11 is 0. The maximum absolute atomic E-state index is 7.50. The summed E-state index contributed by atoms with van der Waals surface area (Å²) in [5.41, 5.74) is 3.37. The number of aryl methyl sites for hydroxylation is 1. The number of hydrogen-bond donors (Lipinski definition) is 0. The van der Waals surface area contributed by atoms with Crippen molar-refractivity contribution in [1.29, 1.82) is 0 Å². The van der Waals surface area contributed by atoms with E-state index in [-0.39, 0.29) is 24.7 Å². The maximum Gasteiger partial charge on any atom is 0 e. The molecule has 0 unspecified atom stereocenters. The smallest absolute Gasteiger partial charge is 0 e. The molecule has 0 heterocycles. The quantitative estimate of drug-likeness (QED) is 0.423. The summed E-state index contributed by atoms with van der Waals surface area (Å²) in [5.74, 6) is 0. The predicted molar refractivity (Wildman–Crippen MR) is 77.7 cm³/mol. The maximum atomic E-state index is 7.50. The van der Waals surface area contributed by atoms with Gasteiger partial charge in [0.1, 0.15) is 0 Å². The van der Waals surface area contributed by atoms with E-state index < -0.39 is 0 Å². The van der Waals surface area contributed by atoms with Crippen LogP contribution in [0.2, 0.25) is 0 Å². The molecule has 105 valence electrons. The molecule has 0 saturated carbocycles. The van der Waals surface area contributed by atoms with Gasteiger partial charge in [-0.15, -0.1) is 0 Å². The fraction of sp³-hybridized carbons (Fsp3) is 0.600. The largest absolute Gasteiger partial charge is 0 e. The average molecular weight is 311 g/mol. The molecule has 0 aromatic heterocycles. The van der Waals surface area contributed by atoms with E-state index in [1.807, 2.05) is 0 Å². The molecule has 18 heavy (non-hydrogen) atoms. The summed E-state index contributed by atoms with van der Waals surface area (Å²) in [6, 6.07) is 8.78. The minimum absolute atomic E-state index is 0. The molecule has 0 aliphatic rings. The zero-order valence-electron chi connectivity index (χ0n) is 11.8. The van der Waals surface area contributed by atoms with Crippen LogP contribution < -0.4 is 0 Å². The first kappa shape index (κ1) is 20.3. The second-order valence-corrected chi connectivity index (χ2v) is 8.99. The Morgan fingerprint density at radius 1 is 1.06 bits per heavy atom. The van der Waals surface area contributed by atoms with Crippen LogP contribution in [0.5, 0.6) is 0 Å². The van der Waals surface area contributed by atoms with E-state index in [2.05, 4.69) is 58.6 Å². The first-order chi connectivity index (χ1) is 8.11. The average Bonchev–Trinajstić information content (AvgIpc) is 2.79. The van der Waals surface area contributed by atoms with Gasteiger partial charge in [0, 0.05) is 24.7 Å². The fourth-order valence-electron chi connectivity index (χ4n) is 2.32. The first-order valence-corrected chi connectivity index (χ1v) is 8.24. The molecular weight excluding hydrogens is 286 g/mol. The molecule has 0 spiro atoms. The van der Waals surface area contributed by atoms with E-state index in [0.717, 1.165) is 11.3 Å². The van der Waals surface area contributed by atoms with Gasteiger partial charge in [0.2, 0.25) is 0 Å². The molecular formula is C15H25CoOP. The van der Waals surface area contributed by atoms with Crippen LogP contribution in [0.15, 0.2) is 24.3 Å². The van der Waals surface area contributed by atoms with Crippen molar-refractivity contribution in [3.05, 3.63) is 36.5 Å². The van der Waals surface area contributed by atoms with Crippen LogP contribution in [-0.4, -0.2) is 17.5 Å². The Bertz CT molecular complexity index is 283. The van der Waals surface area contributed by atoms with Gasteiger partial charge in [-0.2, -0.15) is 17.7 Å². The SMILES string of the molecule is CC(C)[PH+](CCC[c-]1cccc1)C(C)C.[C-]#[O+].[Co]. The van der Waals surface area contributed by atoms with Crippen molar-refractivity contribution in [3.8, 4) is 0 Å². The molecule has 1 aromatic rings. The summed E-state index contributed by atoms with van der Waals surface area (Å²) in [5, 5.41) is 0. The summed E-state index contributed by atoms with van der Waals surface area (Å²) in [6.45, 7) is 14.1. The molecule has 0 amide bonds. The van der Waals surface area contributed by atoms with Crippen LogP contribution >= 0.6 is 7.92 Å². The van der Waals surface area contributed by atoms with Gasteiger partial charge in [0.25, 0.3) is 0 Å². The fourth-order valence-corrected chi connectivity index (χ4v) is 5.39. The Kier molecular flexibility index (Phi) is 13.7. The van der Waals surface area contributed by atoms with Crippen molar-refractivity contribution in [3.63, 3.8) is 0 Å². The van der Waals surface area contributed by atoms with Crippen molar-refractivity contribution in [2.45, 2.75) is 51.9 Å². The van der Waals surface area contributed by atoms with Gasteiger partial charge in [-0.05, 0) is 34.1 Å². The third-order valence-electron chi connectivity index (χ3n) is 3.15. The molecule has 0 bridgehead atoms. The number of rotatable bonds is 6. The van der Waals surface area contributed by atoms with Crippen LogP contribution in [0.4, 0.5) is 0 Å². The Balaban J connectivity index is 0. The molecule has 0 aliphatic carbocycles. The second kappa shape index (κ2) is 12.1. The first-order valence-electron chi connectivity index (χ1n) is 6.38. The van der Waals surface area contributed by atoms with Crippen LogP contribution in [0, 0.1) is 6.65 Å². The Labute approximate surface area is 124 Å². The topological polar surface area (TPSA) is 19.9 Å². The van der Waals surface area contributed by atoms with Crippen LogP contribution in [-0.2, 0) is 27.9 Å². The third-order valence-corrected chi connectivity index (χ3v) is 7.04. The number of hydrogen-bond acceptors (Lipinski definition) is 0. The summed E-state index contributed by atoms with van der Waals surface area (Å²) in [7, 11) is -0.131. The molecule has 1 rings (SSSR count). The molecule has 1 radical (unpaired) electrons. The van der Waals surface area contributed by atoms with E-state index in [9.17, 15) is 0 Å². The van der Waals surface area contributed by atoms with Gasteiger partial charge in [-0.25, -0.2) is 12.1 Å². The van der Waals surface area contributed by atoms with Gasteiger partial charge in [0.15, 0.2) is 0 Å². The molecule has 1 nitrogen and oxygen atoms in total. The van der Waals surface area contributed by atoms with E-state index in [4.69, 9.17) is 4.65 Å². The second-order valence-electron chi connectivity index (χ2n) is 5.03. The molecule has 1 aromatic carbocycles. The van der Waals surface area contributed by atoms with Gasteiger partial charge < -0.3 is 0 Å². The van der Waals surface area contributed by atoms with Crippen molar-refractivity contribution in [1.82, 2.24) is 0 Å². The van der Waals surface area contributed by atoms with Crippen molar-refractivity contribution in [2.75, 3.05) is 6.16 Å². The Morgan fingerprint density at radius 2 is 1.50 bits per heavy atom.